The lowest BCUT2D eigenvalue weighted by Gasteiger charge is -2.02. The standard InChI is InChI=1S/C11H12N4S2/c1-8-9(15-3-5-17-11(15)14-8)6-12-7-10-13-2-4-16-10/h2-5,12H,6-7H2,1H3. The van der Waals surface area contributed by atoms with E-state index in [1.54, 1.807) is 22.7 Å². The van der Waals surface area contributed by atoms with Crippen LogP contribution in [-0.2, 0) is 13.1 Å². The van der Waals surface area contributed by atoms with E-state index in [4.69, 9.17) is 0 Å². The van der Waals surface area contributed by atoms with E-state index in [-0.39, 0.29) is 0 Å². The van der Waals surface area contributed by atoms with Crippen molar-refractivity contribution in [2.75, 3.05) is 0 Å². The van der Waals surface area contributed by atoms with Gasteiger partial charge in [-0.1, -0.05) is 0 Å². The van der Waals surface area contributed by atoms with Crippen molar-refractivity contribution in [2.45, 2.75) is 20.0 Å². The van der Waals surface area contributed by atoms with Crippen molar-refractivity contribution in [3.63, 3.8) is 0 Å². The van der Waals surface area contributed by atoms with Crippen molar-refractivity contribution in [3.05, 3.63) is 39.5 Å². The summed E-state index contributed by atoms with van der Waals surface area (Å²) in [6.07, 6.45) is 3.91. The van der Waals surface area contributed by atoms with Gasteiger partial charge in [-0.15, -0.1) is 22.7 Å². The van der Waals surface area contributed by atoms with Gasteiger partial charge in [0.25, 0.3) is 0 Å². The maximum absolute atomic E-state index is 4.52. The second kappa shape index (κ2) is 4.56. The summed E-state index contributed by atoms with van der Waals surface area (Å²) in [5.41, 5.74) is 2.33. The Morgan fingerprint density at radius 3 is 3.06 bits per heavy atom. The van der Waals surface area contributed by atoms with Gasteiger partial charge in [-0.2, -0.15) is 0 Å². The first kappa shape index (κ1) is 10.9. The van der Waals surface area contributed by atoms with Gasteiger partial charge in [-0.3, -0.25) is 4.40 Å². The molecule has 0 unspecified atom stereocenters. The van der Waals surface area contributed by atoms with Gasteiger partial charge in [-0.25, -0.2) is 9.97 Å². The molecule has 0 aliphatic heterocycles. The third-order valence-electron chi connectivity index (χ3n) is 2.61. The van der Waals surface area contributed by atoms with Gasteiger partial charge in [0.15, 0.2) is 4.96 Å². The van der Waals surface area contributed by atoms with E-state index in [1.165, 1.54) is 5.69 Å². The molecule has 0 spiro atoms. The van der Waals surface area contributed by atoms with E-state index in [0.29, 0.717) is 0 Å². The summed E-state index contributed by atoms with van der Waals surface area (Å²) in [6, 6.07) is 0. The van der Waals surface area contributed by atoms with Gasteiger partial charge in [0.05, 0.1) is 11.4 Å². The normalized spacial score (nSPS) is 11.4. The lowest BCUT2D eigenvalue weighted by Crippen LogP contribution is -2.14. The van der Waals surface area contributed by atoms with Gasteiger partial charge in [0, 0.05) is 36.2 Å². The zero-order valence-corrected chi connectivity index (χ0v) is 11.0. The number of thiazole rings is 2. The van der Waals surface area contributed by atoms with Crippen LogP contribution < -0.4 is 5.32 Å². The molecule has 0 aromatic carbocycles. The van der Waals surface area contributed by atoms with Crippen LogP contribution in [0.3, 0.4) is 0 Å². The largest absolute Gasteiger partial charge is 0.305 e. The van der Waals surface area contributed by atoms with E-state index >= 15 is 0 Å². The average Bonchev–Trinajstić information content (AvgIpc) is 2.98. The van der Waals surface area contributed by atoms with Crippen LogP contribution in [0.4, 0.5) is 0 Å². The van der Waals surface area contributed by atoms with Crippen LogP contribution >= 0.6 is 22.7 Å². The number of fused-ring (bicyclic) bond motifs is 1. The highest BCUT2D eigenvalue weighted by Gasteiger charge is 2.08. The second-order valence-electron chi connectivity index (χ2n) is 3.73. The lowest BCUT2D eigenvalue weighted by atomic mass is 10.3. The molecule has 0 atom stereocenters. The second-order valence-corrected chi connectivity index (χ2v) is 5.58. The van der Waals surface area contributed by atoms with Crippen LogP contribution in [0.15, 0.2) is 23.2 Å². The summed E-state index contributed by atoms with van der Waals surface area (Å²) in [5, 5.41) is 8.58. The van der Waals surface area contributed by atoms with Crippen molar-refractivity contribution >= 4 is 27.6 Å². The number of hydrogen-bond donors (Lipinski definition) is 1. The number of nitrogens with one attached hydrogen (secondary N) is 1. The maximum atomic E-state index is 4.52. The van der Waals surface area contributed by atoms with Crippen molar-refractivity contribution < 1.29 is 0 Å². The van der Waals surface area contributed by atoms with Gasteiger partial charge in [0.2, 0.25) is 0 Å². The molecule has 0 saturated heterocycles. The minimum atomic E-state index is 0.814. The molecule has 3 aromatic heterocycles. The zero-order valence-electron chi connectivity index (χ0n) is 9.38. The number of aromatic nitrogens is 3. The third kappa shape index (κ3) is 2.11. The van der Waals surface area contributed by atoms with Crippen LogP contribution in [0, 0.1) is 6.92 Å². The smallest absolute Gasteiger partial charge is 0.194 e. The van der Waals surface area contributed by atoms with Crippen LogP contribution in [0.5, 0.6) is 0 Å². The predicted octanol–water partition coefficient (Wildman–Crippen LogP) is 2.45. The molecule has 1 N–H and O–H groups in total. The molecule has 0 aliphatic rings. The minimum absolute atomic E-state index is 0.814. The van der Waals surface area contributed by atoms with E-state index in [9.17, 15) is 0 Å². The van der Waals surface area contributed by atoms with Crippen LogP contribution in [0.1, 0.15) is 16.4 Å². The molecule has 17 heavy (non-hydrogen) atoms. The van der Waals surface area contributed by atoms with Gasteiger partial charge < -0.3 is 5.32 Å². The Bertz CT molecular complexity index is 609. The number of aryl methyl sites for hydroxylation is 1. The number of nitrogens with zero attached hydrogens (tertiary/aromatic N) is 3. The molecule has 0 aliphatic carbocycles. The van der Waals surface area contributed by atoms with Gasteiger partial charge in [-0.05, 0) is 6.92 Å². The summed E-state index contributed by atoms with van der Waals surface area (Å²) < 4.78 is 2.15. The molecule has 0 radical (unpaired) electrons. The number of hydrogen-bond acceptors (Lipinski definition) is 5. The molecule has 3 rings (SSSR count). The zero-order chi connectivity index (χ0) is 11.7. The van der Waals surface area contributed by atoms with Crippen LogP contribution in [0.2, 0.25) is 0 Å². The monoisotopic (exact) mass is 264 g/mol. The first-order valence-corrected chi connectivity index (χ1v) is 7.10. The van der Waals surface area contributed by atoms with Crippen molar-refractivity contribution in [1.82, 2.24) is 19.7 Å². The Morgan fingerprint density at radius 2 is 2.24 bits per heavy atom. The molecular formula is C11H12N4S2. The molecule has 0 saturated carbocycles. The lowest BCUT2D eigenvalue weighted by molar-refractivity contribution is 0.670. The predicted molar refractivity (Wildman–Crippen MR) is 70.5 cm³/mol. The Balaban J connectivity index is 1.72. The van der Waals surface area contributed by atoms with E-state index in [1.807, 2.05) is 11.6 Å². The molecule has 88 valence electrons. The molecule has 3 aromatic rings. The first-order chi connectivity index (χ1) is 8.34. The fraction of sp³-hybridized carbons (Fsp3) is 0.273. The topological polar surface area (TPSA) is 42.2 Å². The highest BCUT2D eigenvalue weighted by molar-refractivity contribution is 7.15. The summed E-state index contributed by atoms with van der Waals surface area (Å²) in [4.78, 5) is 9.83. The van der Waals surface area contributed by atoms with Crippen LogP contribution in [0.25, 0.3) is 4.96 Å². The summed E-state index contributed by atoms with van der Waals surface area (Å²) in [6.45, 7) is 3.69. The fourth-order valence-corrected chi connectivity index (χ4v) is 3.15. The molecule has 0 bridgehead atoms. The Morgan fingerprint density at radius 1 is 1.29 bits per heavy atom. The third-order valence-corrected chi connectivity index (χ3v) is 4.15. The molecule has 3 heterocycles. The maximum Gasteiger partial charge on any atom is 0.194 e. The number of imidazole rings is 1. The van der Waals surface area contributed by atoms with Gasteiger partial charge >= 0.3 is 0 Å². The van der Waals surface area contributed by atoms with Crippen molar-refractivity contribution in [3.8, 4) is 0 Å². The van der Waals surface area contributed by atoms with Crippen molar-refractivity contribution in [2.24, 2.45) is 0 Å². The summed E-state index contributed by atoms with van der Waals surface area (Å²) in [5.74, 6) is 0. The van der Waals surface area contributed by atoms with Crippen LogP contribution in [-0.4, -0.2) is 14.4 Å². The Labute approximate surface area is 107 Å². The summed E-state index contributed by atoms with van der Waals surface area (Å²) in [7, 11) is 0. The summed E-state index contributed by atoms with van der Waals surface area (Å²) >= 11 is 3.34. The number of rotatable bonds is 4. The SMILES string of the molecule is Cc1nc2sccn2c1CNCc1nccs1. The van der Waals surface area contributed by atoms with Gasteiger partial charge in [0.1, 0.15) is 5.01 Å². The quantitative estimate of drug-likeness (QED) is 0.787. The highest BCUT2D eigenvalue weighted by atomic mass is 32.1. The van der Waals surface area contributed by atoms with E-state index in [2.05, 4.69) is 38.2 Å². The molecule has 4 nitrogen and oxygen atoms in total. The molecular weight excluding hydrogens is 252 g/mol. The minimum Gasteiger partial charge on any atom is -0.305 e. The highest BCUT2D eigenvalue weighted by Crippen LogP contribution is 2.16. The van der Waals surface area contributed by atoms with E-state index in [0.717, 1.165) is 28.8 Å². The Hall–Kier alpha value is -1.24. The molecule has 0 amide bonds. The average molecular weight is 264 g/mol. The fourth-order valence-electron chi connectivity index (χ4n) is 1.78. The molecule has 6 heteroatoms. The van der Waals surface area contributed by atoms with E-state index < -0.39 is 0 Å². The first-order valence-electron chi connectivity index (χ1n) is 5.34. The Kier molecular flexibility index (Phi) is 2.92. The molecule has 0 fully saturated rings. The van der Waals surface area contributed by atoms with Crippen molar-refractivity contribution in [1.29, 1.82) is 0 Å².